The fraction of sp³-hybridized carbons (Fsp3) is 0.176. The molecule has 0 spiro atoms. The number of carbonyl (C=O) groups is 2. The minimum Gasteiger partial charge on any atom is -0.455 e. The van der Waals surface area contributed by atoms with Crippen LogP contribution in [0, 0.1) is 0 Å². The number of rotatable bonds is 7. The van der Waals surface area contributed by atoms with Crippen LogP contribution in [0.2, 0.25) is 10.0 Å². The molecule has 0 radical (unpaired) electrons. The zero-order valence-electron chi connectivity index (χ0n) is 14.8. The summed E-state index contributed by atoms with van der Waals surface area (Å²) >= 11 is 11.6. The van der Waals surface area contributed by atoms with Crippen LogP contribution >= 0.6 is 23.2 Å². The third-order valence-electron chi connectivity index (χ3n) is 3.44. The molecule has 1 amide bonds. The van der Waals surface area contributed by atoms with Gasteiger partial charge in [0.05, 0.1) is 21.2 Å². The lowest BCUT2D eigenvalue weighted by atomic mass is 10.2. The first-order valence-corrected chi connectivity index (χ1v) is 10.2. The van der Waals surface area contributed by atoms with Gasteiger partial charge in [-0.15, -0.1) is 0 Å². The molecule has 0 fully saturated rings. The van der Waals surface area contributed by atoms with Gasteiger partial charge in [0.1, 0.15) is 6.54 Å². The van der Waals surface area contributed by atoms with Gasteiger partial charge in [-0.2, -0.15) is 17.9 Å². The number of ether oxygens (including phenoxy) is 1. The number of sulfonamides is 1. The summed E-state index contributed by atoms with van der Waals surface area (Å²) in [4.78, 5) is 22.8. The molecule has 2 aromatic rings. The summed E-state index contributed by atoms with van der Waals surface area (Å²) in [7, 11) is -4.42. The molecule has 0 aliphatic heterocycles. The van der Waals surface area contributed by atoms with E-state index < -0.39 is 51.7 Å². The molecular formula is C17H13Cl2F3N2O5S. The second kappa shape index (κ2) is 9.65. The molecule has 2 N–H and O–H groups in total. The minimum absolute atomic E-state index is 0.176. The molecule has 30 heavy (non-hydrogen) atoms. The molecule has 0 aromatic heterocycles. The van der Waals surface area contributed by atoms with Gasteiger partial charge in [-0.1, -0.05) is 29.3 Å². The predicted molar refractivity (Wildman–Crippen MR) is 103 cm³/mol. The Kier molecular flexibility index (Phi) is 7.70. The summed E-state index contributed by atoms with van der Waals surface area (Å²) in [5.41, 5.74) is -0.986. The van der Waals surface area contributed by atoms with Crippen LogP contribution in [0.15, 0.2) is 47.4 Å². The van der Waals surface area contributed by atoms with Crippen molar-refractivity contribution < 1.29 is 35.9 Å². The van der Waals surface area contributed by atoms with Crippen molar-refractivity contribution >= 4 is 50.8 Å². The number of hydrogen-bond donors (Lipinski definition) is 2. The molecule has 0 saturated heterocycles. The molecule has 7 nitrogen and oxygen atoms in total. The monoisotopic (exact) mass is 484 g/mol. The van der Waals surface area contributed by atoms with Crippen molar-refractivity contribution in [3.8, 4) is 0 Å². The topological polar surface area (TPSA) is 102 Å². The summed E-state index contributed by atoms with van der Waals surface area (Å²) < 4.78 is 68.7. The number of carbonyl (C=O) groups excluding carboxylic acids is 2. The largest absolute Gasteiger partial charge is 0.455 e. The van der Waals surface area contributed by atoms with E-state index in [2.05, 4.69) is 10.1 Å². The van der Waals surface area contributed by atoms with Gasteiger partial charge in [0.2, 0.25) is 10.0 Å². The molecule has 13 heteroatoms. The Labute approximate surface area is 179 Å². The third kappa shape index (κ3) is 6.87. The van der Waals surface area contributed by atoms with E-state index in [4.69, 9.17) is 23.2 Å². The zero-order valence-corrected chi connectivity index (χ0v) is 17.1. The van der Waals surface area contributed by atoms with Crippen molar-refractivity contribution in [2.75, 3.05) is 18.5 Å². The Hall–Kier alpha value is -2.34. The van der Waals surface area contributed by atoms with Crippen molar-refractivity contribution in [3.05, 3.63) is 58.1 Å². The number of anilines is 1. The SMILES string of the molecule is O=C(COC(=O)CNS(=O)(=O)c1cccc(C(F)(F)F)c1)Nc1cc(Cl)ccc1Cl. The average Bonchev–Trinajstić information content (AvgIpc) is 2.67. The lowest BCUT2D eigenvalue weighted by Gasteiger charge is -2.11. The van der Waals surface area contributed by atoms with Gasteiger partial charge >= 0.3 is 12.1 Å². The summed E-state index contributed by atoms with van der Waals surface area (Å²) in [5.74, 6) is -1.90. The van der Waals surface area contributed by atoms with Gasteiger partial charge in [0.15, 0.2) is 6.61 Å². The van der Waals surface area contributed by atoms with Gasteiger partial charge in [-0.05, 0) is 36.4 Å². The molecule has 2 rings (SSSR count). The fourth-order valence-corrected chi connectivity index (χ4v) is 3.40. The average molecular weight is 485 g/mol. The Morgan fingerprint density at radius 2 is 1.77 bits per heavy atom. The Morgan fingerprint density at radius 1 is 1.07 bits per heavy atom. The van der Waals surface area contributed by atoms with Gasteiger partial charge in [0.25, 0.3) is 5.91 Å². The molecule has 0 aliphatic rings. The first-order chi connectivity index (χ1) is 13.9. The van der Waals surface area contributed by atoms with Crippen molar-refractivity contribution in [3.63, 3.8) is 0 Å². The maximum Gasteiger partial charge on any atom is 0.416 e. The summed E-state index contributed by atoms with van der Waals surface area (Å²) in [6.07, 6.45) is -4.73. The number of nitrogens with one attached hydrogen (secondary N) is 2. The molecule has 0 heterocycles. The maximum atomic E-state index is 12.7. The number of amides is 1. The number of esters is 1. The van der Waals surface area contributed by atoms with E-state index in [1.165, 1.54) is 18.2 Å². The normalized spacial score (nSPS) is 11.8. The maximum absolute atomic E-state index is 12.7. The van der Waals surface area contributed by atoms with Crippen LogP contribution in [0.4, 0.5) is 18.9 Å². The second-order valence-electron chi connectivity index (χ2n) is 5.68. The Morgan fingerprint density at radius 3 is 2.43 bits per heavy atom. The smallest absolute Gasteiger partial charge is 0.416 e. The van der Waals surface area contributed by atoms with Crippen LogP contribution in [0.1, 0.15) is 5.56 Å². The second-order valence-corrected chi connectivity index (χ2v) is 8.29. The molecule has 2 aromatic carbocycles. The number of alkyl halides is 3. The van der Waals surface area contributed by atoms with Crippen molar-refractivity contribution in [1.82, 2.24) is 4.72 Å². The van der Waals surface area contributed by atoms with Gasteiger partial charge in [-0.3, -0.25) is 9.59 Å². The highest BCUT2D eigenvalue weighted by Gasteiger charge is 2.31. The molecule has 0 unspecified atom stereocenters. The first kappa shape index (κ1) is 23.9. The van der Waals surface area contributed by atoms with Crippen LogP contribution in [0.3, 0.4) is 0 Å². The molecule has 0 aliphatic carbocycles. The van der Waals surface area contributed by atoms with Gasteiger partial charge in [-0.25, -0.2) is 8.42 Å². The quantitative estimate of drug-likeness (QED) is 0.585. The summed E-state index contributed by atoms with van der Waals surface area (Å²) in [5, 5.41) is 2.84. The molecule has 0 bridgehead atoms. The lowest BCUT2D eigenvalue weighted by molar-refractivity contribution is -0.146. The van der Waals surface area contributed by atoms with E-state index in [0.29, 0.717) is 17.2 Å². The van der Waals surface area contributed by atoms with Crippen molar-refractivity contribution in [2.45, 2.75) is 11.1 Å². The highest BCUT2D eigenvalue weighted by Crippen LogP contribution is 2.30. The molecule has 0 saturated carbocycles. The highest BCUT2D eigenvalue weighted by molar-refractivity contribution is 7.89. The van der Waals surface area contributed by atoms with E-state index in [9.17, 15) is 31.2 Å². The van der Waals surface area contributed by atoms with Crippen molar-refractivity contribution in [2.24, 2.45) is 0 Å². The van der Waals surface area contributed by atoms with Gasteiger partial charge in [0, 0.05) is 5.02 Å². The highest BCUT2D eigenvalue weighted by atomic mass is 35.5. The number of benzene rings is 2. The van der Waals surface area contributed by atoms with Crippen LogP contribution in [0.5, 0.6) is 0 Å². The van der Waals surface area contributed by atoms with Gasteiger partial charge < -0.3 is 10.1 Å². The zero-order chi connectivity index (χ0) is 22.5. The summed E-state index contributed by atoms with van der Waals surface area (Å²) in [6.45, 7) is -1.66. The summed E-state index contributed by atoms with van der Waals surface area (Å²) in [6, 6.07) is 7.29. The van der Waals surface area contributed by atoms with E-state index in [1.807, 2.05) is 0 Å². The third-order valence-corrected chi connectivity index (χ3v) is 5.41. The Bertz CT molecular complexity index is 1060. The standard InChI is InChI=1S/C17H13Cl2F3N2O5S/c18-11-4-5-13(19)14(7-11)24-15(25)9-29-16(26)8-23-30(27,28)12-3-1-2-10(6-12)17(20,21)22/h1-7,23H,8-9H2,(H,24,25). The molecule has 0 atom stereocenters. The van der Waals surface area contributed by atoms with Crippen LogP contribution in [-0.4, -0.2) is 33.4 Å². The molecular weight excluding hydrogens is 472 g/mol. The lowest BCUT2D eigenvalue weighted by Crippen LogP contribution is -2.32. The van der Waals surface area contributed by atoms with E-state index in [-0.39, 0.29) is 10.7 Å². The van der Waals surface area contributed by atoms with Crippen LogP contribution < -0.4 is 10.0 Å². The fourth-order valence-electron chi connectivity index (χ4n) is 2.05. The van der Waals surface area contributed by atoms with Crippen molar-refractivity contribution in [1.29, 1.82) is 0 Å². The van der Waals surface area contributed by atoms with Crippen LogP contribution in [-0.2, 0) is 30.5 Å². The van der Waals surface area contributed by atoms with E-state index in [1.54, 1.807) is 4.72 Å². The number of hydrogen-bond acceptors (Lipinski definition) is 5. The Balaban J connectivity index is 1.89. The first-order valence-electron chi connectivity index (χ1n) is 7.96. The van der Waals surface area contributed by atoms with E-state index in [0.717, 1.165) is 12.1 Å². The van der Waals surface area contributed by atoms with E-state index >= 15 is 0 Å². The molecule has 162 valence electrons. The predicted octanol–water partition coefficient (Wildman–Crippen LogP) is 3.47. The minimum atomic E-state index is -4.73. The number of halogens is 5. The van der Waals surface area contributed by atoms with Crippen LogP contribution in [0.25, 0.3) is 0 Å².